The van der Waals surface area contributed by atoms with Gasteiger partial charge in [0.15, 0.2) is 17.3 Å². The van der Waals surface area contributed by atoms with Gasteiger partial charge in [-0.25, -0.2) is 8.42 Å². The largest absolute Gasteiger partial charge is 0.493 e. The summed E-state index contributed by atoms with van der Waals surface area (Å²) in [4.78, 5) is 38.5. The molecular weight excluding hydrogens is 450 g/mol. The Labute approximate surface area is 195 Å². The van der Waals surface area contributed by atoms with Crippen LogP contribution in [0.3, 0.4) is 0 Å². The number of carbonyl (C=O) groups excluding carboxylic acids is 3. The maximum absolute atomic E-state index is 13.0. The van der Waals surface area contributed by atoms with Crippen molar-refractivity contribution in [2.75, 3.05) is 33.6 Å². The summed E-state index contributed by atoms with van der Waals surface area (Å²) >= 11 is 0. The molecule has 0 spiro atoms. The first-order valence-electron chi connectivity index (χ1n) is 10.8. The average molecular weight is 484 g/mol. The molecule has 2 atom stereocenters. The van der Waals surface area contributed by atoms with Crippen molar-refractivity contribution in [1.82, 2.24) is 14.9 Å². The van der Waals surface area contributed by atoms with Gasteiger partial charge in [-0.1, -0.05) is 13.8 Å². The van der Waals surface area contributed by atoms with Gasteiger partial charge in [0.2, 0.25) is 15.9 Å². The van der Waals surface area contributed by atoms with E-state index < -0.39 is 33.9 Å². The van der Waals surface area contributed by atoms with E-state index in [2.05, 4.69) is 10.6 Å². The molecule has 1 aliphatic rings. The number of Topliss-reactive ketones (excluding diaryl/α,β-unsaturated/α-hetero) is 1. The van der Waals surface area contributed by atoms with Crippen molar-refractivity contribution in [1.29, 1.82) is 0 Å². The van der Waals surface area contributed by atoms with Gasteiger partial charge in [-0.3, -0.25) is 14.4 Å². The van der Waals surface area contributed by atoms with E-state index >= 15 is 0 Å². The molecule has 1 aromatic rings. The number of amides is 2. The highest BCUT2D eigenvalue weighted by atomic mass is 32.2. The van der Waals surface area contributed by atoms with Crippen molar-refractivity contribution in [2.45, 2.75) is 45.2 Å². The fourth-order valence-corrected chi connectivity index (χ4v) is 4.45. The Hall–Kier alpha value is -2.66. The Bertz CT molecular complexity index is 978. The van der Waals surface area contributed by atoms with Crippen LogP contribution in [0, 0.1) is 5.92 Å². The van der Waals surface area contributed by atoms with Gasteiger partial charge < -0.3 is 20.1 Å². The SMILES string of the molecule is COc1ccc(C(=O)N[C@@H](CC(C)C)C(=O)NC2CCCN(S(C)(=O)=O)CC2=O)cc1OC. The summed E-state index contributed by atoms with van der Waals surface area (Å²) in [5, 5.41) is 5.46. The maximum atomic E-state index is 13.0. The number of carbonyl (C=O) groups is 3. The molecule has 2 amide bonds. The second-order valence-electron chi connectivity index (χ2n) is 8.49. The molecule has 10 nitrogen and oxygen atoms in total. The fraction of sp³-hybridized carbons (Fsp3) is 0.591. The standard InChI is InChI=1S/C22H33N3O7S/c1-14(2)11-17(24-21(27)15-8-9-19(31-3)20(12-15)32-4)22(28)23-16-7-6-10-25(13-18(16)26)33(5,29)30/h8-9,12,14,16-17H,6-7,10-11,13H2,1-5H3,(H,23,28)(H,24,27)/t16?,17-/m0/s1. The van der Waals surface area contributed by atoms with Crippen LogP contribution in [0.25, 0.3) is 0 Å². The molecule has 33 heavy (non-hydrogen) atoms. The molecule has 1 saturated heterocycles. The lowest BCUT2D eigenvalue weighted by Crippen LogP contribution is -2.52. The Kier molecular flexibility index (Phi) is 9.24. The lowest BCUT2D eigenvalue weighted by molar-refractivity contribution is -0.129. The van der Waals surface area contributed by atoms with Gasteiger partial charge in [-0.05, 0) is 43.4 Å². The average Bonchev–Trinajstić information content (AvgIpc) is 2.93. The van der Waals surface area contributed by atoms with Crippen LogP contribution in [-0.4, -0.2) is 76.0 Å². The number of nitrogens with one attached hydrogen (secondary N) is 2. The molecule has 0 aliphatic carbocycles. The number of ketones is 1. The van der Waals surface area contributed by atoms with Gasteiger partial charge in [0.05, 0.1) is 33.1 Å². The third-order valence-corrected chi connectivity index (χ3v) is 6.63. The lowest BCUT2D eigenvalue weighted by atomic mass is 10.0. The van der Waals surface area contributed by atoms with Crippen molar-refractivity contribution < 1.29 is 32.3 Å². The van der Waals surface area contributed by atoms with Crippen molar-refractivity contribution in [3.63, 3.8) is 0 Å². The molecule has 1 aliphatic heterocycles. The predicted octanol–water partition coefficient (Wildman–Crippen LogP) is 0.958. The highest BCUT2D eigenvalue weighted by Gasteiger charge is 2.32. The molecule has 1 fully saturated rings. The molecular formula is C22H33N3O7S. The number of hydrogen-bond donors (Lipinski definition) is 2. The number of sulfonamides is 1. The number of ether oxygens (including phenoxy) is 2. The number of nitrogens with zero attached hydrogens (tertiary/aromatic N) is 1. The second kappa shape index (κ2) is 11.5. The van der Waals surface area contributed by atoms with Gasteiger partial charge in [0.25, 0.3) is 5.91 Å². The van der Waals surface area contributed by atoms with Crippen LogP contribution in [0.5, 0.6) is 11.5 Å². The summed E-state index contributed by atoms with van der Waals surface area (Å²) < 4.78 is 35.1. The van der Waals surface area contributed by atoms with Crippen LogP contribution in [0.4, 0.5) is 0 Å². The van der Waals surface area contributed by atoms with E-state index in [9.17, 15) is 22.8 Å². The Morgan fingerprint density at radius 1 is 1.18 bits per heavy atom. The normalized spacial score (nSPS) is 18.4. The minimum absolute atomic E-state index is 0.0945. The minimum atomic E-state index is -3.50. The molecule has 11 heteroatoms. The number of benzene rings is 1. The Morgan fingerprint density at radius 3 is 2.42 bits per heavy atom. The molecule has 1 aromatic carbocycles. The maximum Gasteiger partial charge on any atom is 0.252 e. The zero-order valence-electron chi connectivity index (χ0n) is 19.7. The molecule has 0 aromatic heterocycles. The Morgan fingerprint density at radius 2 is 1.85 bits per heavy atom. The molecule has 0 saturated carbocycles. The van der Waals surface area contributed by atoms with Gasteiger partial charge >= 0.3 is 0 Å². The predicted molar refractivity (Wildman–Crippen MR) is 123 cm³/mol. The highest BCUT2D eigenvalue weighted by molar-refractivity contribution is 7.88. The van der Waals surface area contributed by atoms with Crippen LogP contribution in [0.15, 0.2) is 18.2 Å². The molecule has 1 heterocycles. The highest BCUT2D eigenvalue weighted by Crippen LogP contribution is 2.27. The van der Waals surface area contributed by atoms with E-state index in [1.54, 1.807) is 12.1 Å². The van der Waals surface area contributed by atoms with E-state index in [0.717, 1.165) is 10.6 Å². The zero-order valence-corrected chi connectivity index (χ0v) is 20.5. The zero-order chi connectivity index (χ0) is 24.8. The van der Waals surface area contributed by atoms with Crippen LogP contribution >= 0.6 is 0 Å². The molecule has 1 unspecified atom stereocenters. The van der Waals surface area contributed by atoms with E-state index in [4.69, 9.17) is 9.47 Å². The van der Waals surface area contributed by atoms with Crippen molar-refractivity contribution in [3.05, 3.63) is 23.8 Å². The fourth-order valence-electron chi connectivity index (χ4n) is 3.63. The van der Waals surface area contributed by atoms with Gasteiger partial charge in [0.1, 0.15) is 6.04 Å². The monoisotopic (exact) mass is 483 g/mol. The van der Waals surface area contributed by atoms with E-state index in [1.807, 2.05) is 13.8 Å². The number of rotatable bonds is 9. The first-order chi connectivity index (χ1) is 15.5. The minimum Gasteiger partial charge on any atom is -0.493 e. The number of hydrogen-bond acceptors (Lipinski definition) is 7. The van der Waals surface area contributed by atoms with E-state index in [1.165, 1.54) is 20.3 Å². The van der Waals surface area contributed by atoms with Crippen LogP contribution < -0.4 is 20.1 Å². The summed E-state index contributed by atoms with van der Waals surface area (Å²) in [6.45, 7) is 3.78. The molecule has 0 radical (unpaired) electrons. The van der Waals surface area contributed by atoms with Gasteiger partial charge in [-0.15, -0.1) is 0 Å². The molecule has 2 N–H and O–H groups in total. The van der Waals surface area contributed by atoms with Crippen molar-refractivity contribution in [3.8, 4) is 11.5 Å². The smallest absolute Gasteiger partial charge is 0.252 e. The third-order valence-electron chi connectivity index (χ3n) is 5.38. The van der Waals surface area contributed by atoms with E-state index in [-0.39, 0.29) is 24.8 Å². The first kappa shape index (κ1) is 26.6. The van der Waals surface area contributed by atoms with Gasteiger partial charge in [0, 0.05) is 12.1 Å². The van der Waals surface area contributed by atoms with Gasteiger partial charge in [-0.2, -0.15) is 4.31 Å². The molecule has 184 valence electrons. The summed E-state index contributed by atoms with van der Waals surface area (Å²) in [6.07, 6.45) is 2.19. The van der Waals surface area contributed by atoms with Crippen molar-refractivity contribution >= 4 is 27.6 Å². The number of methoxy groups -OCH3 is 2. The van der Waals surface area contributed by atoms with Crippen LogP contribution in [-0.2, 0) is 19.6 Å². The topological polar surface area (TPSA) is 131 Å². The summed E-state index contributed by atoms with van der Waals surface area (Å²) in [5.74, 6) is -0.372. The molecule has 0 bridgehead atoms. The Balaban J connectivity index is 2.13. The lowest BCUT2D eigenvalue weighted by Gasteiger charge is -2.23. The van der Waals surface area contributed by atoms with E-state index in [0.29, 0.717) is 36.3 Å². The van der Waals surface area contributed by atoms with Crippen LogP contribution in [0.2, 0.25) is 0 Å². The first-order valence-corrected chi connectivity index (χ1v) is 12.6. The summed E-state index contributed by atoms with van der Waals surface area (Å²) in [7, 11) is -0.548. The van der Waals surface area contributed by atoms with Crippen molar-refractivity contribution in [2.24, 2.45) is 5.92 Å². The summed E-state index contributed by atoms with van der Waals surface area (Å²) in [5.41, 5.74) is 0.295. The second-order valence-corrected chi connectivity index (χ2v) is 10.5. The summed E-state index contributed by atoms with van der Waals surface area (Å²) in [6, 6.07) is 3.01. The third kappa shape index (κ3) is 7.43. The quantitative estimate of drug-likeness (QED) is 0.535. The molecule has 2 rings (SSSR count). The van der Waals surface area contributed by atoms with Crippen LogP contribution in [0.1, 0.15) is 43.5 Å².